The quantitative estimate of drug-likeness (QED) is 0.611. The van der Waals surface area contributed by atoms with Gasteiger partial charge < -0.3 is 15.3 Å². The Morgan fingerprint density at radius 3 is 2.56 bits per heavy atom. The molecule has 0 unspecified atom stereocenters. The first-order chi connectivity index (χ1) is 7.43. The summed E-state index contributed by atoms with van der Waals surface area (Å²) in [5, 5.41) is 29.2. The lowest BCUT2D eigenvalue weighted by atomic mass is 9.83. The highest BCUT2D eigenvalue weighted by Crippen LogP contribution is 2.38. The van der Waals surface area contributed by atoms with Gasteiger partial charge >= 0.3 is 0 Å². The highest BCUT2D eigenvalue weighted by molar-refractivity contribution is 6.02. The van der Waals surface area contributed by atoms with Gasteiger partial charge in [0.15, 0.2) is 5.78 Å². The zero-order chi connectivity index (χ0) is 12.0. The predicted octanol–water partition coefficient (Wildman–Crippen LogP) is 0.990. The minimum Gasteiger partial charge on any atom is -0.507 e. The summed E-state index contributed by atoms with van der Waals surface area (Å²) in [5.74, 6) is -0.403. The summed E-state index contributed by atoms with van der Waals surface area (Å²) in [4.78, 5) is 11.7. The molecule has 0 bridgehead atoms. The van der Waals surface area contributed by atoms with E-state index in [9.17, 15) is 20.1 Å². The van der Waals surface area contributed by atoms with Crippen LogP contribution in [0.25, 0.3) is 0 Å². The van der Waals surface area contributed by atoms with Gasteiger partial charge in [0.05, 0.1) is 11.7 Å². The minimum absolute atomic E-state index is 0.0778. The fourth-order valence-corrected chi connectivity index (χ4v) is 2.06. The molecule has 0 aromatic heterocycles. The van der Waals surface area contributed by atoms with Crippen molar-refractivity contribution in [2.75, 3.05) is 0 Å². The zero-order valence-corrected chi connectivity index (χ0v) is 9.19. The summed E-state index contributed by atoms with van der Waals surface area (Å²) >= 11 is 0. The van der Waals surface area contributed by atoms with Crippen LogP contribution in [-0.4, -0.2) is 27.2 Å². The number of aliphatic hydroxyl groups excluding tert-OH is 2. The van der Waals surface area contributed by atoms with Crippen molar-refractivity contribution < 1.29 is 20.1 Å². The van der Waals surface area contributed by atoms with Gasteiger partial charge in [0, 0.05) is 6.42 Å². The van der Waals surface area contributed by atoms with Crippen molar-refractivity contribution >= 4 is 5.78 Å². The van der Waals surface area contributed by atoms with Gasteiger partial charge in [0.1, 0.15) is 11.9 Å². The average Bonchev–Trinajstić information content (AvgIpc) is 2.22. The number of Topliss-reactive ketones (excluding diaryl/α,β-unsaturated/α-hetero) is 1. The van der Waals surface area contributed by atoms with E-state index in [2.05, 4.69) is 0 Å². The van der Waals surface area contributed by atoms with Crippen molar-refractivity contribution in [2.24, 2.45) is 0 Å². The van der Waals surface area contributed by atoms with Gasteiger partial charge in [-0.25, -0.2) is 0 Å². The Kier molecular flexibility index (Phi) is 2.48. The van der Waals surface area contributed by atoms with Crippen molar-refractivity contribution in [3.8, 4) is 5.75 Å². The highest BCUT2D eigenvalue weighted by atomic mass is 16.3. The number of ketones is 1. The lowest BCUT2D eigenvalue weighted by Gasteiger charge is -2.27. The lowest BCUT2D eigenvalue weighted by Crippen LogP contribution is -2.29. The molecule has 1 aromatic rings. The first-order valence-corrected chi connectivity index (χ1v) is 5.16. The first-order valence-electron chi connectivity index (χ1n) is 5.16. The maximum Gasteiger partial charge on any atom is 0.169 e. The number of phenols is 1. The second-order valence-corrected chi connectivity index (χ2v) is 4.27. The normalized spacial score (nSPS) is 24.4. The third kappa shape index (κ3) is 1.42. The van der Waals surface area contributed by atoms with Crippen LogP contribution in [0.15, 0.2) is 6.07 Å². The van der Waals surface area contributed by atoms with E-state index in [4.69, 9.17) is 0 Å². The highest BCUT2D eigenvalue weighted by Gasteiger charge is 2.34. The molecule has 3 N–H and O–H groups in total. The molecule has 0 saturated heterocycles. The van der Waals surface area contributed by atoms with Gasteiger partial charge in [-0.1, -0.05) is 6.07 Å². The van der Waals surface area contributed by atoms with Crippen LogP contribution >= 0.6 is 0 Å². The van der Waals surface area contributed by atoms with E-state index < -0.39 is 12.2 Å². The Morgan fingerprint density at radius 1 is 1.31 bits per heavy atom. The number of fused-ring (bicyclic) bond motifs is 1. The monoisotopic (exact) mass is 222 g/mol. The molecule has 0 saturated carbocycles. The Morgan fingerprint density at radius 2 is 1.94 bits per heavy atom. The van der Waals surface area contributed by atoms with E-state index in [0.29, 0.717) is 11.1 Å². The molecule has 1 aliphatic rings. The van der Waals surface area contributed by atoms with Crippen molar-refractivity contribution in [3.63, 3.8) is 0 Å². The number of carbonyl (C=O) groups excluding carboxylic acids is 1. The first kappa shape index (κ1) is 11.1. The van der Waals surface area contributed by atoms with Gasteiger partial charge in [-0.3, -0.25) is 4.79 Å². The van der Waals surface area contributed by atoms with Crippen LogP contribution in [0.1, 0.15) is 39.6 Å². The van der Waals surface area contributed by atoms with Crippen LogP contribution in [0.4, 0.5) is 0 Å². The minimum atomic E-state index is -1.10. The fraction of sp³-hybridized carbons (Fsp3) is 0.417. The predicted molar refractivity (Wildman–Crippen MR) is 57.5 cm³/mol. The van der Waals surface area contributed by atoms with Gasteiger partial charge in [0.25, 0.3) is 0 Å². The fourth-order valence-electron chi connectivity index (χ4n) is 2.06. The standard InChI is InChI=1S/C12H14O4/c1-5-3-7-10(11(15)6(5)2)8(13)4-9(14)12(7)16/h3,9,12,14-16H,4H2,1-2H3/t9-,12+/m1/s1. The molecule has 0 aliphatic heterocycles. The number of hydrogen-bond acceptors (Lipinski definition) is 4. The molecule has 1 aromatic carbocycles. The maximum atomic E-state index is 11.7. The average molecular weight is 222 g/mol. The van der Waals surface area contributed by atoms with Crippen molar-refractivity contribution in [1.82, 2.24) is 0 Å². The molecular formula is C12H14O4. The number of phenolic OH excluding ortho intramolecular Hbond substituents is 1. The number of aliphatic hydroxyl groups is 2. The third-order valence-corrected chi connectivity index (χ3v) is 3.20. The van der Waals surface area contributed by atoms with Gasteiger partial charge in [-0.2, -0.15) is 0 Å². The molecule has 2 rings (SSSR count). The largest absolute Gasteiger partial charge is 0.507 e. The SMILES string of the molecule is Cc1cc2c(c(O)c1C)C(=O)C[C@@H](O)[C@H]2O. The van der Waals surface area contributed by atoms with Gasteiger partial charge in [-0.15, -0.1) is 0 Å². The number of aromatic hydroxyl groups is 1. The van der Waals surface area contributed by atoms with Crippen molar-refractivity contribution in [1.29, 1.82) is 0 Å². The summed E-state index contributed by atoms with van der Waals surface area (Å²) in [6, 6.07) is 1.65. The summed E-state index contributed by atoms with van der Waals surface area (Å²) in [6.45, 7) is 3.50. The molecule has 0 heterocycles. The smallest absolute Gasteiger partial charge is 0.169 e. The van der Waals surface area contributed by atoms with Gasteiger partial charge in [0.2, 0.25) is 0 Å². The van der Waals surface area contributed by atoms with Crippen LogP contribution in [0.2, 0.25) is 0 Å². The van der Waals surface area contributed by atoms with Crippen LogP contribution in [-0.2, 0) is 0 Å². The summed E-state index contributed by atoms with van der Waals surface area (Å²) in [5.41, 5.74) is 1.90. The number of benzene rings is 1. The van der Waals surface area contributed by atoms with E-state index in [1.54, 1.807) is 19.9 Å². The summed E-state index contributed by atoms with van der Waals surface area (Å²) in [6.07, 6.45) is -2.33. The second kappa shape index (κ2) is 3.57. The van der Waals surface area contributed by atoms with Crippen molar-refractivity contribution in [2.45, 2.75) is 32.5 Å². The Labute approximate surface area is 93.2 Å². The Bertz CT molecular complexity index is 465. The Hall–Kier alpha value is -1.39. The van der Waals surface area contributed by atoms with Crippen LogP contribution in [0.5, 0.6) is 5.75 Å². The molecular weight excluding hydrogens is 208 g/mol. The number of carbonyl (C=O) groups is 1. The molecule has 0 radical (unpaired) electrons. The number of rotatable bonds is 0. The third-order valence-electron chi connectivity index (χ3n) is 3.20. The second-order valence-electron chi connectivity index (χ2n) is 4.27. The van der Waals surface area contributed by atoms with Crippen LogP contribution in [0.3, 0.4) is 0 Å². The van der Waals surface area contributed by atoms with E-state index >= 15 is 0 Å². The van der Waals surface area contributed by atoms with E-state index in [0.717, 1.165) is 5.56 Å². The topological polar surface area (TPSA) is 77.8 Å². The molecule has 86 valence electrons. The molecule has 2 atom stereocenters. The maximum absolute atomic E-state index is 11.7. The van der Waals surface area contributed by atoms with Crippen LogP contribution < -0.4 is 0 Å². The number of hydrogen-bond donors (Lipinski definition) is 3. The summed E-state index contributed by atoms with van der Waals surface area (Å²) in [7, 11) is 0. The molecule has 0 spiro atoms. The Balaban J connectivity index is 2.72. The molecule has 0 amide bonds. The molecule has 16 heavy (non-hydrogen) atoms. The molecule has 0 fully saturated rings. The molecule has 1 aliphatic carbocycles. The van der Waals surface area contributed by atoms with E-state index in [1.165, 1.54) is 0 Å². The molecule has 4 nitrogen and oxygen atoms in total. The lowest BCUT2D eigenvalue weighted by molar-refractivity contribution is 0.00839. The zero-order valence-electron chi connectivity index (χ0n) is 9.19. The van der Waals surface area contributed by atoms with E-state index in [1.807, 2.05) is 0 Å². The molecule has 4 heteroatoms. The van der Waals surface area contributed by atoms with E-state index in [-0.39, 0.29) is 23.5 Å². The summed E-state index contributed by atoms with van der Waals surface area (Å²) < 4.78 is 0. The van der Waals surface area contributed by atoms with Crippen LogP contribution in [0, 0.1) is 13.8 Å². The van der Waals surface area contributed by atoms with Crippen molar-refractivity contribution in [3.05, 3.63) is 28.3 Å². The van der Waals surface area contributed by atoms with Gasteiger partial charge in [-0.05, 0) is 30.5 Å². The number of aryl methyl sites for hydroxylation is 1.